The third-order valence-electron chi connectivity index (χ3n) is 5.12. The molecular formula is C22H31N3O6S. The van der Waals surface area contributed by atoms with Crippen molar-refractivity contribution in [3.05, 3.63) is 39.8 Å². The minimum absolute atomic E-state index is 0.0415. The van der Waals surface area contributed by atoms with Gasteiger partial charge in [0.05, 0.1) is 32.6 Å². The van der Waals surface area contributed by atoms with Crippen molar-refractivity contribution in [3.8, 4) is 11.5 Å². The maximum atomic E-state index is 12.6. The van der Waals surface area contributed by atoms with Crippen LogP contribution in [0.25, 0.3) is 0 Å². The van der Waals surface area contributed by atoms with Gasteiger partial charge in [0.2, 0.25) is 5.91 Å². The number of hydrogen-bond donors (Lipinski definition) is 1. The molecule has 1 saturated heterocycles. The van der Waals surface area contributed by atoms with E-state index in [2.05, 4.69) is 9.88 Å². The first-order valence-electron chi connectivity index (χ1n) is 10.5. The lowest BCUT2D eigenvalue weighted by molar-refractivity contribution is -0.136. The Bertz CT molecular complexity index is 856. The van der Waals surface area contributed by atoms with Gasteiger partial charge in [-0.2, -0.15) is 0 Å². The number of aliphatic hydroxyl groups excluding tert-OH is 1. The van der Waals surface area contributed by atoms with E-state index in [9.17, 15) is 9.90 Å². The van der Waals surface area contributed by atoms with Gasteiger partial charge in [0.25, 0.3) is 0 Å². The fourth-order valence-corrected chi connectivity index (χ4v) is 4.07. The van der Waals surface area contributed by atoms with Crippen molar-refractivity contribution in [2.45, 2.75) is 19.8 Å². The van der Waals surface area contributed by atoms with E-state index < -0.39 is 0 Å². The number of amides is 1. The van der Waals surface area contributed by atoms with Gasteiger partial charge in [-0.25, -0.2) is 4.98 Å². The van der Waals surface area contributed by atoms with Gasteiger partial charge in [-0.05, 0) is 17.7 Å². The Morgan fingerprint density at radius 3 is 2.78 bits per heavy atom. The highest BCUT2D eigenvalue weighted by atomic mass is 32.1. The van der Waals surface area contributed by atoms with Crippen LogP contribution in [0.3, 0.4) is 0 Å². The number of morpholine rings is 1. The van der Waals surface area contributed by atoms with E-state index in [4.69, 9.17) is 18.9 Å². The van der Waals surface area contributed by atoms with Crippen molar-refractivity contribution in [2.75, 3.05) is 60.2 Å². The minimum atomic E-state index is -0.0922. The Morgan fingerprint density at radius 2 is 2.09 bits per heavy atom. The highest BCUT2D eigenvalue weighted by Crippen LogP contribution is 2.29. The number of benzene rings is 1. The molecule has 176 valence electrons. The Morgan fingerprint density at radius 1 is 1.28 bits per heavy atom. The molecule has 1 aromatic heterocycles. The van der Waals surface area contributed by atoms with Crippen LogP contribution in [0.1, 0.15) is 16.3 Å². The Kier molecular flexibility index (Phi) is 9.69. The van der Waals surface area contributed by atoms with Gasteiger partial charge < -0.3 is 29.0 Å². The number of carbonyl (C=O) groups is 1. The van der Waals surface area contributed by atoms with Crippen LogP contribution in [0, 0.1) is 0 Å². The van der Waals surface area contributed by atoms with Gasteiger partial charge >= 0.3 is 0 Å². The first-order valence-corrected chi connectivity index (χ1v) is 11.4. The van der Waals surface area contributed by atoms with Crippen LogP contribution in [-0.4, -0.2) is 86.0 Å². The average molecular weight is 466 g/mol. The molecule has 2 heterocycles. The van der Waals surface area contributed by atoms with Crippen LogP contribution in [0.15, 0.2) is 23.6 Å². The zero-order chi connectivity index (χ0) is 22.8. The van der Waals surface area contributed by atoms with E-state index >= 15 is 0 Å². The Labute approximate surface area is 192 Å². The van der Waals surface area contributed by atoms with Crippen LogP contribution in [0.4, 0.5) is 0 Å². The highest BCUT2D eigenvalue weighted by molar-refractivity contribution is 7.09. The van der Waals surface area contributed by atoms with E-state index in [1.54, 1.807) is 17.4 Å². The lowest BCUT2D eigenvalue weighted by Crippen LogP contribution is -2.43. The summed E-state index contributed by atoms with van der Waals surface area (Å²) in [5, 5.41) is 11.8. The second-order valence-corrected chi connectivity index (χ2v) is 8.31. The number of carbonyl (C=O) groups excluding carboxylic acids is 1. The van der Waals surface area contributed by atoms with Crippen LogP contribution in [0.5, 0.6) is 11.5 Å². The van der Waals surface area contributed by atoms with E-state index in [0.29, 0.717) is 30.3 Å². The zero-order valence-corrected chi connectivity index (χ0v) is 19.4. The molecule has 1 N–H and O–H groups in total. The van der Waals surface area contributed by atoms with Gasteiger partial charge in [0, 0.05) is 45.2 Å². The number of rotatable bonds is 12. The van der Waals surface area contributed by atoms with Crippen molar-refractivity contribution in [1.29, 1.82) is 0 Å². The molecule has 1 amide bonds. The molecule has 1 aromatic carbocycles. The molecule has 0 unspecified atom stereocenters. The molecule has 0 spiro atoms. The first-order chi connectivity index (χ1) is 15.6. The summed E-state index contributed by atoms with van der Waals surface area (Å²) in [6, 6.07) is 5.66. The molecule has 32 heavy (non-hydrogen) atoms. The topological polar surface area (TPSA) is 93.6 Å². The summed E-state index contributed by atoms with van der Waals surface area (Å²) < 4.78 is 21.9. The maximum Gasteiger partial charge on any atom is 0.248 e. The van der Waals surface area contributed by atoms with Crippen LogP contribution in [0.2, 0.25) is 0 Å². The van der Waals surface area contributed by atoms with Gasteiger partial charge in [0.15, 0.2) is 11.5 Å². The summed E-state index contributed by atoms with van der Waals surface area (Å²) in [5.41, 5.74) is 1.56. The number of thiazole rings is 1. The number of ether oxygens (including phenoxy) is 4. The Hall–Kier alpha value is -2.24. The van der Waals surface area contributed by atoms with Crippen LogP contribution >= 0.6 is 11.3 Å². The molecule has 0 bridgehead atoms. The minimum Gasteiger partial charge on any atom is -0.493 e. The van der Waals surface area contributed by atoms with E-state index in [1.807, 2.05) is 18.2 Å². The smallest absolute Gasteiger partial charge is 0.248 e. The lowest BCUT2D eigenvalue weighted by atomic mass is 10.2. The summed E-state index contributed by atoms with van der Waals surface area (Å²) in [6.07, 6.45) is 0. The normalized spacial score (nSPS) is 14.3. The number of aromatic nitrogens is 1. The summed E-state index contributed by atoms with van der Waals surface area (Å²) in [4.78, 5) is 21.1. The molecule has 1 fully saturated rings. The fourth-order valence-electron chi connectivity index (χ4n) is 3.37. The summed E-state index contributed by atoms with van der Waals surface area (Å²) >= 11 is 1.43. The number of aliphatic hydroxyl groups is 1. The molecule has 0 radical (unpaired) electrons. The average Bonchev–Trinajstić information content (AvgIpc) is 3.29. The molecule has 9 nitrogen and oxygen atoms in total. The second-order valence-electron chi connectivity index (χ2n) is 7.37. The predicted octanol–water partition coefficient (Wildman–Crippen LogP) is 1.53. The van der Waals surface area contributed by atoms with E-state index in [0.717, 1.165) is 43.4 Å². The number of nitrogens with zero attached hydrogens (tertiary/aromatic N) is 3. The maximum absolute atomic E-state index is 12.6. The SMILES string of the molecule is COCC(=O)N(CCN1CCOCC1)Cc1ccc(OC)c(OCc2nc(CO)cs2)c1. The molecule has 1 aliphatic heterocycles. The van der Waals surface area contributed by atoms with Gasteiger partial charge in [-0.15, -0.1) is 11.3 Å². The standard InChI is InChI=1S/C22H31N3O6S/c1-28-15-22(27)25(6-5-24-7-9-30-10-8-24)12-17-3-4-19(29-2)20(11-17)31-14-21-23-18(13-26)16-32-21/h3-4,11,16,26H,5-10,12-15H2,1-2H3. The Balaban J connectivity index is 1.67. The van der Waals surface area contributed by atoms with Gasteiger partial charge in [-0.3, -0.25) is 9.69 Å². The van der Waals surface area contributed by atoms with Gasteiger partial charge in [0.1, 0.15) is 18.2 Å². The van der Waals surface area contributed by atoms with E-state index in [1.165, 1.54) is 18.4 Å². The molecule has 3 rings (SSSR count). The van der Waals surface area contributed by atoms with Crippen molar-refractivity contribution in [3.63, 3.8) is 0 Å². The third kappa shape index (κ3) is 7.14. The van der Waals surface area contributed by atoms with Crippen molar-refractivity contribution in [2.24, 2.45) is 0 Å². The molecular weight excluding hydrogens is 434 g/mol. The van der Waals surface area contributed by atoms with E-state index in [-0.39, 0.29) is 25.7 Å². The molecule has 0 aliphatic carbocycles. The first kappa shape index (κ1) is 24.4. The molecule has 0 atom stereocenters. The second kappa shape index (κ2) is 12.7. The monoisotopic (exact) mass is 465 g/mol. The summed E-state index contributed by atoms with van der Waals surface area (Å²) in [7, 11) is 3.12. The largest absolute Gasteiger partial charge is 0.493 e. The molecule has 2 aromatic rings. The lowest BCUT2D eigenvalue weighted by Gasteiger charge is -2.30. The van der Waals surface area contributed by atoms with Crippen molar-refractivity contribution < 1.29 is 28.8 Å². The van der Waals surface area contributed by atoms with Crippen molar-refractivity contribution in [1.82, 2.24) is 14.8 Å². The van der Waals surface area contributed by atoms with Gasteiger partial charge in [-0.1, -0.05) is 6.07 Å². The number of hydrogen-bond acceptors (Lipinski definition) is 9. The zero-order valence-electron chi connectivity index (χ0n) is 18.6. The van der Waals surface area contributed by atoms with Crippen LogP contribution in [-0.2, 0) is 34.0 Å². The predicted molar refractivity (Wildman–Crippen MR) is 120 cm³/mol. The molecule has 1 aliphatic rings. The molecule has 10 heteroatoms. The molecule has 0 saturated carbocycles. The van der Waals surface area contributed by atoms with Crippen LogP contribution < -0.4 is 9.47 Å². The fraction of sp³-hybridized carbons (Fsp3) is 0.545. The quantitative estimate of drug-likeness (QED) is 0.505. The highest BCUT2D eigenvalue weighted by Gasteiger charge is 2.18. The third-order valence-corrected chi connectivity index (χ3v) is 6.00. The summed E-state index contributed by atoms with van der Waals surface area (Å²) in [5.74, 6) is 1.13. The van der Waals surface area contributed by atoms with Crippen molar-refractivity contribution >= 4 is 17.2 Å². The number of methoxy groups -OCH3 is 2. The summed E-state index contributed by atoms with van der Waals surface area (Å²) in [6.45, 7) is 5.26.